The molecule has 0 fully saturated rings. The van der Waals surface area contributed by atoms with Crippen molar-refractivity contribution in [1.82, 2.24) is 4.98 Å². The number of carboxylic acids is 1. The number of rotatable bonds is 10. The molecule has 1 aromatic heterocycles. The van der Waals surface area contributed by atoms with Crippen LogP contribution in [0.3, 0.4) is 0 Å². The van der Waals surface area contributed by atoms with E-state index in [1.165, 1.54) is 16.5 Å². The summed E-state index contributed by atoms with van der Waals surface area (Å²) in [6.07, 6.45) is 8.23. The first kappa shape index (κ1) is 22.1. The minimum Gasteiger partial charge on any atom is -0.491 e. The predicted molar refractivity (Wildman–Crippen MR) is 133 cm³/mol. The number of aliphatic imine (C=N–C) groups is 1. The summed E-state index contributed by atoms with van der Waals surface area (Å²) in [5.74, 6) is -0.242. The van der Waals surface area contributed by atoms with Gasteiger partial charge in [-0.25, -0.2) is 4.79 Å². The number of H-pyrrole nitrogens is 1. The molecule has 33 heavy (non-hydrogen) atoms. The van der Waals surface area contributed by atoms with Gasteiger partial charge in [-0.3, -0.25) is 4.99 Å². The normalized spacial score (nSPS) is 12.5. The minimum absolute atomic E-state index is 0.0421. The Labute approximate surface area is 193 Å². The van der Waals surface area contributed by atoms with Crippen LogP contribution in [0.1, 0.15) is 16.7 Å². The van der Waals surface area contributed by atoms with E-state index in [-0.39, 0.29) is 6.04 Å². The van der Waals surface area contributed by atoms with Gasteiger partial charge in [-0.1, -0.05) is 60.7 Å². The molecule has 0 amide bonds. The second-order valence-electron chi connectivity index (χ2n) is 7.79. The van der Waals surface area contributed by atoms with Crippen molar-refractivity contribution < 1.29 is 14.6 Å². The zero-order valence-corrected chi connectivity index (χ0v) is 18.2. The van der Waals surface area contributed by atoms with E-state index in [4.69, 9.17) is 14.8 Å². The first-order chi connectivity index (χ1) is 16.2. The van der Waals surface area contributed by atoms with E-state index in [0.29, 0.717) is 6.61 Å². The lowest BCUT2D eigenvalue weighted by molar-refractivity contribution is -0.131. The maximum absolute atomic E-state index is 10.7. The highest BCUT2D eigenvalue weighted by Crippen LogP contribution is 2.21. The van der Waals surface area contributed by atoms with Crippen molar-refractivity contribution in [1.29, 1.82) is 0 Å². The Kier molecular flexibility index (Phi) is 7.33. The predicted octanol–water partition coefficient (Wildman–Crippen LogP) is 5.57. The quantitative estimate of drug-likeness (QED) is 0.251. The Morgan fingerprint density at radius 3 is 2.55 bits per heavy atom. The third kappa shape index (κ3) is 6.43. The van der Waals surface area contributed by atoms with Gasteiger partial charge in [0.25, 0.3) is 0 Å². The summed E-state index contributed by atoms with van der Waals surface area (Å²) in [5, 5.41) is 9.97. The van der Waals surface area contributed by atoms with Crippen LogP contribution < -0.4 is 4.74 Å². The van der Waals surface area contributed by atoms with E-state index < -0.39 is 5.97 Å². The fourth-order valence-corrected chi connectivity index (χ4v) is 3.67. The molecule has 0 bridgehead atoms. The van der Waals surface area contributed by atoms with Crippen molar-refractivity contribution in [2.75, 3.05) is 6.61 Å². The molecule has 2 N–H and O–H groups in total. The first-order valence-corrected chi connectivity index (χ1v) is 10.9. The van der Waals surface area contributed by atoms with Crippen LogP contribution in [-0.2, 0) is 17.6 Å². The van der Waals surface area contributed by atoms with Gasteiger partial charge in [0.2, 0.25) is 0 Å². The molecule has 4 aromatic rings. The molecule has 0 saturated heterocycles. The number of hydrogen-bond acceptors (Lipinski definition) is 3. The van der Waals surface area contributed by atoms with Gasteiger partial charge in [-0.2, -0.15) is 0 Å². The van der Waals surface area contributed by atoms with Gasteiger partial charge in [0.1, 0.15) is 12.4 Å². The SMILES string of the molecule is O=C(O)/C=C/c1ccc(OC[C@H](Cc2c[nH]c3ccccc23)N=CCc2ccccc2)cc1. The highest BCUT2D eigenvalue weighted by molar-refractivity contribution is 5.85. The Hall–Kier alpha value is -4.12. The van der Waals surface area contributed by atoms with Gasteiger partial charge in [-0.15, -0.1) is 0 Å². The molecule has 4 rings (SSSR count). The number of aromatic amines is 1. The summed E-state index contributed by atoms with van der Waals surface area (Å²) >= 11 is 0. The van der Waals surface area contributed by atoms with E-state index in [1.54, 1.807) is 6.08 Å². The van der Waals surface area contributed by atoms with Crippen molar-refractivity contribution in [3.8, 4) is 5.75 Å². The molecule has 0 radical (unpaired) electrons. The van der Waals surface area contributed by atoms with E-state index >= 15 is 0 Å². The molecule has 0 unspecified atom stereocenters. The average molecular weight is 439 g/mol. The lowest BCUT2D eigenvalue weighted by Crippen LogP contribution is -2.19. The first-order valence-electron chi connectivity index (χ1n) is 10.9. The van der Waals surface area contributed by atoms with Crippen LogP contribution in [-0.4, -0.2) is 34.9 Å². The third-order valence-electron chi connectivity index (χ3n) is 5.36. The van der Waals surface area contributed by atoms with Gasteiger partial charge >= 0.3 is 5.97 Å². The Bertz CT molecular complexity index is 1240. The Morgan fingerprint density at radius 1 is 1.00 bits per heavy atom. The number of nitrogens with zero attached hydrogens (tertiary/aromatic N) is 1. The molecule has 1 heterocycles. The summed E-state index contributed by atoms with van der Waals surface area (Å²) in [4.78, 5) is 18.9. The molecule has 0 aliphatic rings. The molecule has 0 aliphatic heterocycles. The number of carbonyl (C=O) groups is 1. The number of fused-ring (bicyclic) bond motifs is 1. The Balaban J connectivity index is 1.45. The lowest BCUT2D eigenvalue weighted by Gasteiger charge is -2.14. The van der Waals surface area contributed by atoms with E-state index in [0.717, 1.165) is 35.7 Å². The van der Waals surface area contributed by atoms with Crippen LogP contribution in [0.15, 0.2) is 96.1 Å². The van der Waals surface area contributed by atoms with Crippen molar-refractivity contribution >= 4 is 29.2 Å². The van der Waals surface area contributed by atoms with E-state index in [2.05, 4.69) is 29.2 Å². The van der Waals surface area contributed by atoms with Gasteiger partial charge in [0.15, 0.2) is 0 Å². The number of aromatic nitrogens is 1. The second-order valence-corrected chi connectivity index (χ2v) is 7.79. The molecule has 1 atom stereocenters. The van der Waals surface area contributed by atoms with Crippen LogP contribution in [0.4, 0.5) is 0 Å². The number of carboxylic acid groups (broad SMARTS) is 1. The molecule has 166 valence electrons. The van der Waals surface area contributed by atoms with Crippen LogP contribution >= 0.6 is 0 Å². The van der Waals surface area contributed by atoms with Crippen molar-refractivity contribution in [3.63, 3.8) is 0 Å². The van der Waals surface area contributed by atoms with Crippen molar-refractivity contribution in [3.05, 3.63) is 108 Å². The summed E-state index contributed by atoms with van der Waals surface area (Å²) < 4.78 is 6.05. The van der Waals surface area contributed by atoms with Gasteiger partial charge in [-0.05, 0) is 41.0 Å². The Morgan fingerprint density at radius 2 is 1.76 bits per heavy atom. The maximum Gasteiger partial charge on any atom is 0.328 e. The smallest absolute Gasteiger partial charge is 0.328 e. The van der Waals surface area contributed by atoms with Crippen LogP contribution in [0, 0.1) is 0 Å². The zero-order valence-electron chi connectivity index (χ0n) is 18.2. The fourth-order valence-electron chi connectivity index (χ4n) is 3.67. The third-order valence-corrected chi connectivity index (χ3v) is 5.36. The number of aliphatic carboxylic acids is 1. The topological polar surface area (TPSA) is 74.7 Å². The highest BCUT2D eigenvalue weighted by atomic mass is 16.5. The monoisotopic (exact) mass is 438 g/mol. The number of ether oxygens (including phenoxy) is 1. The largest absolute Gasteiger partial charge is 0.491 e. The highest BCUT2D eigenvalue weighted by Gasteiger charge is 2.12. The molecule has 5 heteroatoms. The zero-order chi connectivity index (χ0) is 22.9. The maximum atomic E-state index is 10.7. The molecule has 5 nitrogen and oxygen atoms in total. The summed E-state index contributed by atoms with van der Waals surface area (Å²) in [5.41, 5.74) is 4.36. The standard InChI is InChI=1S/C28H26N2O3/c31-28(32)15-12-22-10-13-25(14-11-22)33-20-24(29-17-16-21-6-2-1-3-7-21)18-23-19-30-27-9-5-4-8-26(23)27/h1-15,17,19,24,30H,16,18,20H2,(H,31,32)/b15-12+,29-17?/t24-/m0/s1. The van der Waals surface area contributed by atoms with Gasteiger partial charge in [0.05, 0.1) is 6.04 Å². The molecule has 0 spiro atoms. The van der Waals surface area contributed by atoms with Gasteiger partial charge in [0, 0.05) is 42.2 Å². The fraction of sp³-hybridized carbons (Fsp3) is 0.143. The summed E-state index contributed by atoms with van der Waals surface area (Å²) in [7, 11) is 0. The number of benzene rings is 3. The lowest BCUT2D eigenvalue weighted by atomic mass is 10.1. The molecular formula is C28H26N2O3. The average Bonchev–Trinajstić information content (AvgIpc) is 3.25. The van der Waals surface area contributed by atoms with E-state index in [9.17, 15) is 4.79 Å². The van der Waals surface area contributed by atoms with E-state index in [1.807, 2.05) is 67.0 Å². The van der Waals surface area contributed by atoms with Crippen LogP contribution in [0.5, 0.6) is 5.75 Å². The molecule has 3 aromatic carbocycles. The second kappa shape index (κ2) is 11.0. The number of nitrogens with one attached hydrogen (secondary N) is 1. The number of hydrogen-bond donors (Lipinski definition) is 2. The molecular weight excluding hydrogens is 412 g/mol. The van der Waals surface area contributed by atoms with Crippen LogP contribution in [0.25, 0.3) is 17.0 Å². The number of para-hydroxylation sites is 1. The van der Waals surface area contributed by atoms with Gasteiger partial charge < -0.3 is 14.8 Å². The molecule has 0 aliphatic carbocycles. The summed E-state index contributed by atoms with van der Waals surface area (Å²) in [6.45, 7) is 0.440. The summed E-state index contributed by atoms with van der Waals surface area (Å²) in [6, 6.07) is 25.8. The minimum atomic E-state index is -0.969. The van der Waals surface area contributed by atoms with Crippen molar-refractivity contribution in [2.24, 2.45) is 4.99 Å². The van der Waals surface area contributed by atoms with Crippen LogP contribution in [0.2, 0.25) is 0 Å². The van der Waals surface area contributed by atoms with Crippen molar-refractivity contribution in [2.45, 2.75) is 18.9 Å². The molecule has 0 saturated carbocycles.